The van der Waals surface area contributed by atoms with Crippen LogP contribution in [0, 0.1) is 6.92 Å². The van der Waals surface area contributed by atoms with Crippen LogP contribution in [0.5, 0.6) is 5.75 Å². The van der Waals surface area contributed by atoms with Crippen molar-refractivity contribution in [1.82, 2.24) is 14.2 Å². The fourth-order valence-electron chi connectivity index (χ4n) is 3.78. The van der Waals surface area contributed by atoms with Crippen molar-refractivity contribution in [2.45, 2.75) is 30.8 Å². The van der Waals surface area contributed by atoms with E-state index in [0.29, 0.717) is 45.0 Å². The van der Waals surface area contributed by atoms with E-state index in [1.807, 2.05) is 19.1 Å². The maximum Gasteiger partial charge on any atom is 0.253 e. The van der Waals surface area contributed by atoms with Gasteiger partial charge < -0.3 is 14.4 Å². The molecule has 2 saturated heterocycles. The number of pyridine rings is 1. The van der Waals surface area contributed by atoms with Crippen LogP contribution in [0.3, 0.4) is 0 Å². The van der Waals surface area contributed by atoms with Crippen molar-refractivity contribution in [1.29, 1.82) is 0 Å². The van der Waals surface area contributed by atoms with Crippen LogP contribution in [-0.4, -0.2) is 74.0 Å². The van der Waals surface area contributed by atoms with Gasteiger partial charge in [-0.25, -0.2) is 8.42 Å². The average molecular weight is 446 g/mol. The number of carbonyl (C=O) groups excluding carboxylic acids is 1. The molecule has 1 aromatic heterocycles. The molecule has 0 bridgehead atoms. The Morgan fingerprint density at radius 2 is 1.71 bits per heavy atom. The molecule has 2 aliphatic heterocycles. The number of benzene rings is 1. The van der Waals surface area contributed by atoms with E-state index in [4.69, 9.17) is 9.47 Å². The molecular weight excluding hydrogens is 418 g/mol. The van der Waals surface area contributed by atoms with Crippen molar-refractivity contribution >= 4 is 15.9 Å². The van der Waals surface area contributed by atoms with E-state index < -0.39 is 10.0 Å². The number of morpholine rings is 1. The molecule has 2 aliphatic rings. The number of hydrogen-bond donors (Lipinski definition) is 0. The maximum atomic E-state index is 12.9. The predicted molar refractivity (Wildman–Crippen MR) is 115 cm³/mol. The van der Waals surface area contributed by atoms with Gasteiger partial charge in [0.25, 0.3) is 5.91 Å². The number of hydrogen-bond acceptors (Lipinski definition) is 6. The Bertz CT molecular complexity index is 994. The SMILES string of the molecule is Cc1ccc(OC2CCN(C(=O)c3ccc(S(=O)(=O)N4CCOCC4)cc3)CC2)cn1. The molecule has 0 saturated carbocycles. The van der Waals surface area contributed by atoms with Gasteiger partial charge in [0, 0.05) is 50.3 Å². The first-order chi connectivity index (χ1) is 14.9. The zero-order valence-electron chi connectivity index (χ0n) is 17.6. The summed E-state index contributed by atoms with van der Waals surface area (Å²) in [5.74, 6) is 0.651. The van der Waals surface area contributed by atoms with E-state index in [-0.39, 0.29) is 16.9 Å². The molecule has 0 N–H and O–H groups in total. The van der Waals surface area contributed by atoms with Crippen molar-refractivity contribution in [2.24, 2.45) is 0 Å². The van der Waals surface area contributed by atoms with Gasteiger partial charge in [-0.05, 0) is 43.3 Å². The quantitative estimate of drug-likeness (QED) is 0.700. The number of piperidine rings is 1. The summed E-state index contributed by atoms with van der Waals surface area (Å²) in [6.07, 6.45) is 3.25. The Hall–Kier alpha value is -2.49. The monoisotopic (exact) mass is 445 g/mol. The highest BCUT2D eigenvalue weighted by atomic mass is 32.2. The molecule has 0 unspecified atom stereocenters. The van der Waals surface area contributed by atoms with E-state index in [9.17, 15) is 13.2 Å². The third kappa shape index (κ3) is 5.06. The number of nitrogens with zero attached hydrogens (tertiary/aromatic N) is 3. The lowest BCUT2D eigenvalue weighted by Crippen LogP contribution is -2.42. The Morgan fingerprint density at radius 1 is 1.03 bits per heavy atom. The highest BCUT2D eigenvalue weighted by molar-refractivity contribution is 7.89. The summed E-state index contributed by atoms with van der Waals surface area (Å²) in [4.78, 5) is 19.1. The molecule has 0 atom stereocenters. The lowest BCUT2D eigenvalue weighted by atomic mass is 10.1. The van der Waals surface area contributed by atoms with Crippen LogP contribution in [-0.2, 0) is 14.8 Å². The Balaban J connectivity index is 1.34. The third-order valence-electron chi connectivity index (χ3n) is 5.63. The minimum atomic E-state index is -3.56. The van der Waals surface area contributed by atoms with Crippen LogP contribution < -0.4 is 4.74 Å². The minimum Gasteiger partial charge on any atom is -0.489 e. The summed E-state index contributed by atoms with van der Waals surface area (Å²) < 4.78 is 38.1. The first-order valence-electron chi connectivity index (χ1n) is 10.5. The number of amides is 1. The molecule has 1 aromatic carbocycles. The van der Waals surface area contributed by atoms with Gasteiger partial charge >= 0.3 is 0 Å². The maximum absolute atomic E-state index is 12.9. The number of ether oxygens (including phenoxy) is 2. The Morgan fingerprint density at radius 3 is 2.32 bits per heavy atom. The Kier molecular flexibility index (Phi) is 6.54. The summed E-state index contributed by atoms with van der Waals surface area (Å²) in [5.41, 5.74) is 1.43. The zero-order valence-corrected chi connectivity index (χ0v) is 18.4. The minimum absolute atomic E-state index is 0.0506. The van der Waals surface area contributed by atoms with Crippen LogP contribution >= 0.6 is 0 Å². The van der Waals surface area contributed by atoms with Crippen LogP contribution in [0.15, 0.2) is 47.5 Å². The van der Waals surface area contributed by atoms with Crippen molar-refractivity contribution in [3.05, 3.63) is 53.9 Å². The summed E-state index contributed by atoms with van der Waals surface area (Å²) >= 11 is 0. The molecule has 2 fully saturated rings. The van der Waals surface area contributed by atoms with E-state index >= 15 is 0 Å². The topological polar surface area (TPSA) is 89.0 Å². The fourth-order valence-corrected chi connectivity index (χ4v) is 5.19. The highest BCUT2D eigenvalue weighted by Gasteiger charge is 2.28. The average Bonchev–Trinajstić information content (AvgIpc) is 2.81. The molecule has 1 amide bonds. The van der Waals surface area contributed by atoms with Crippen LogP contribution in [0.1, 0.15) is 28.9 Å². The number of aromatic nitrogens is 1. The second-order valence-electron chi connectivity index (χ2n) is 7.79. The number of sulfonamides is 1. The van der Waals surface area contributed by atoms with E-state index in [1.54, 1.807) is 23.2 Å². The number of aryl methyl sites for hydroxylation is 1. The van der Waals surface area contributed by atoms with E-state index in [1.165, 1.54) is 16.4 Å². The largest absolute Gasteiger partial charge is 0.489 e. The van der Waals surface area contributed by atoms with E-state index in [0.717, 1.165) is 24.3 Å². The molecule has 0 radical (unpaired) electrons. The van der Waals surface area contributed by atoms with Crippen molar-refractivity contribution in [3.8, 4) is 5.75 Å². The first kappa shape index (κ1) is 21.7. The van der Waals surface area contributed by atoms with Gasteiger partial charge in [-0.1, -0.05) is 0 Å². The smallest absolute Gasteiger partial charge is 0.253 e. The summed E-state index contributed by atoms with van der Waals surface area (Å²) in [6, 6.07) is 10.0. The van der Waals surface area contributed by atoms with Gasteiger partial charge in [-0.15, -0.1) is 0 Å². The molecule has 0 aliphatic carbocycles. The molecule has 2 aromatic rings. The van der Waals surface area contributed by atoms with Gasteiger partial charge in [-0.2, -0.15) is 4.31 Å². The summed E-state index contributed by atoms with van der Waals surface area (Å²) in [6.45, 7) is 4.61. The molecule has 4 rings (SSSR count). The third-order valence-corrected chi connectivity index (χ3v) is 7.54. The predicted octanol–water partition coefficient (Wildman–Crippen LogP) is 2.09. The van der Waals surface area contributed by atoms with Gasteiger partial charge in [0.1, 0.15) is 11.9 Å². The van der Waals surface area contributed by atoms with Gasteiger partial charge in [-0.3, -0.25) is 9.78 Å². The van der Waals surface area contributed by atoms with Gasteiger partial charge in [0.2, 0.25) is 10.0 Å². The van der Waals surface area contributed by atoms with Crippen LogP contribution in [0.4, 0.5) is 0 Å². The molecule has 166 valence electrons. The lowest BCUT2D eigenvalue weighted by Gasteiger charge is -2.32. The fraction of sp³-hybridized carbons (Fsp3) is 0.455. The normalized spacial score (nSPS) is 18.7. The lowest BCUT2D eigenvalue weighted by molar-refractivity contribution is 0.0595. The molecule has 8 nitrogen and oxygen atoms in total. The number of rotatable bonds is 5. The standard InChI is InChI=1S/C22H27N3O5S/c1-17-2-5-20(16-23-17)30-19-8-10-24(11-9-19)22(26)18-3-6-21(7-4-18)31(27,28)25-12-14-29-15-13-25/h2-7,16,19H,8-15H2,1H3. The number of likely N-dealkylation sites (tertiary alicyclic amines) is 1. The second kappa shape index (κ2) is 9.33. The molecule has 31 heavy (non-hydrogen) atoms. The first-order valence-corrected chi connectivity index (χ1v) is 11.9. The molecule has 0 spiro atoms. The van der Waals surface area contributed by atoms with Crippen molar-refractivity contribution in [2.75, 3.05) is 39.4 Å². The van der Waals surface area contributed by atoms with E-state index in [2.05, 4.69) is 4.98 Å². The highest BCUT2D eigenvalue weighted by Crippen LogP contribution is 2.22. The van der Waals surface area contributed by atoms with Gasteiger partial charge in [0.15, 0.2) is 0 Å². The Labute approximate surface area is 182 Å². The molecule has 3 heterocycles. The second-order valence-corrected chi connectivity index (χ2v) is 9.72. The van der Waals surface area contributed by atoms with Crippen LogP contribution in [0.25, 0.3) is 0 Å². The number of carbonyl (C=O) groups is 1. The van der Waals surface area contributed by atoms with Crippen molar-refractivity contribution < 1.29 is 22.7 Å². The molecular formula is C22H27N3O5S. The van der Waals surface area contributed by atoms with Gasteiger partial charge in [0.05, 0.1) is 24.3 Å². The summed E-state index contributed by atoms with van der Waals surface area (Å²) in [7, 11) is -3.56. The van der Waals surface area contributed by atoms with Crippen molar-refractivity contribution in [3.63, 3.8) is 0 Å². The van der Waals surface area contributed by atoms with Crippen LogP contribution in [0.2, 0.25) is 0 Å². The summed E-state index contributed by atoms with van der Waals surface area (Å²) in [5, 5.41) is 0. The molecule has 9 heteroatoms. The zero-order chi connectivity index (χ0) is 21.8.